The summed E-state index contributed by atoms with van der Waals surface area (Å²) in [4.78, 5) is 8.59. The van der Waals surface area contributed by atoms with E-state index in [-0.39, 0.29) is 6.16 Å². The van der Waals surface area contributed by atoms with Gasteiger partial charge < -0.3 is 4.89 Å². The van der Waals surface area contributed by atoms with Gasteiger partial charge in [0.05, 0.1) is 6.16 Å². The van der Waals surface area contributed by atoms with Gasteiger partial charge in [0.1, 0.15) is 0 Å². The second kappa shape index (κ2) is 4.24. The van der Waals surface area contributed by atoms with Gasteiger partial charge >= 0.3 is 15.4 Å². The number of hydrogen-bond donors (Lipinski definition) is 1. The molecule has 1 N–H and O–H groups in total. The van der Waals surface area contributed by atoms with Crippen molar-refractivity contribution in [3.8, 4) is 0 Å². The van der Waals surface area contributed by atoms with E-state index in [1.807, 2.05) is 0 Å². The van der Waals surface area contributed by atoms with E-state index >= 15 is 0 Å². The Bertz CT molecular complexity index is 250. The highest BCUT2D eigenvalue weighted by Crippen LogP contribution is 2.80. The van der Waals surface area contributed by atoms with Crippen molar-refractivity contribution in [1.29, 1.82) is 0 Å². The normalized spacial score (nSPS) is 38.6. The van der Waals surface area contributed by atoms with E-state index in [1.54, 1.807) is 0 Å². The summed E-state index contributed by atoms with van der Waals surface area (Å²) in [5.74, 6) is 0. The Balaban J connectivity index is 2.17. The first-order valence-electron chi connectivity index (χ1n) is 4.32. The Morgan fingerprint density at radius 3 is 2.23 bits per heavy atom. The fourth-order valence-corrected chi connectivity index (χ4v) is 4.96. The monoisotopic (exact) mass is 228 g/mol. The van der Waals surface area contributed by atoms with Crippen LogP contribution in [0.5, 0.6) is 0 Å². The molecule has 0 spiro atoms. The van der Waals surface area contributed by atoms with Crippen molar-refractivity contribution in [2.45, 2.75) is 32.6 Å². The zero-order valence-electron chi connectivity index (χ0n) is 7.51. The zero-order valence-corrected chi connectivity index (χ0v) is 9.30. The maximum Gasteiger partial charge on any atom is 0.486 e. The fourth-order valence-electron chi connectivity index (χ4n) is 1.13. The number of unbranched alkanes of at least 4 members (excludes halogenated alkanes) is 3. The minimum atomic E-state index is -3.91. The van der Waals surface area contributed by atoms with Gasteiger partial charge in [-0.25, -0.2) is 13.2 Å². The predicted molar refractivity (Wildman–Crippen MR) is 48.6 cm³/mol. The van der Waals surface area contributed by atoms with E-state index in [0.29, 0.717) is 6.42 Å². The molecule has 1 saturated heterocycles. The van der Waals surface area contributed by atoms with Gasteiger partial charge in [-0.2, -0.15) is 0 Å². The third-order valence-corrected chi connectivity index (χ3v) is 6.25. The lowest BCUT2D eigenvalue weighted by Gasteiger charge is -2.29. The van der Waals surface area contributed by atoms with Crippen LogP contribution in [-0.2, 0) is 17.8 Å². The van der Waals surface area contributed by atoms with Crippen molar-refractivity contribution in [3.05, 3.63) is 0 Å². The Morgan fingerprint density at radius 2 is 1.77 bits per heavy atom. The minimum Gasteiger partial charge on any atom is -0.302 e. The molecule has 0 amide bonds. The molecule has 13 heavy (non-hydrogen) atoms. The maximum absolute atomic E-state index is 11.3. The summed E-state index contributed by atoms with van der Waals surface area (Å²) in [5.41, 5.74) is 0. The summed E-state index contributed by atoms with van der Waals surface area (Å²) in [5, 5.41) is 0. The molecular formula is C6H14O5P2. The van der Waals surface area contributed by atoms with Crippen LogP contribution in [0.15, 0.2) is 0 Å². The maximum atomic E-state index is 11.3. The van der Waals surface area contributed by atoms with E-state index in [2.05, 4.69) is 15.5 Å². The van der Waals surface area contributed by atoms with Crippen molar-refractivity contribution >= 4 is 15.4 Å². The van der Waals surface area contributed by atoms with Crippen LogP contribution in [0, 0.1) is 0 Å². The molecule has 0 aromatic rings. The molecule has 1 heterocycles. The molecule has 1 aliphatic rings. The minimum absolute atomic E-state index is 0.248. The van der Waals surface area contributed by atoms with Gasteiger partial charge in [-0.1, -0.05) is 26.2 Å². The van der Waals surface area contributed by atoms with Crippen molar-refractivity contribution in [2.75, 3.05) is 6.16 Å². The van der Waals surface area contributed by atoms with Gasteiger partial charge in [0.2, 0.25) is 0 Å². The Morgan fingerprint density at radius 1 is 1.15 bits per heavy atom. The van der Waals surface area contributed by atoms with Gasteiger partial charge in [0.15, 0.2) is 0 Å². The molecule has 0 aliphatic carbocycles. The van der Waals surface area contributed by atoms with Crippen molar-refractivity contribution < 1.29 is 22.6 Å². The summed E-state index contributed by atoms with van der Waals surface area (Å²) in [6.45, 7) is 2.07. The number of rotatable bonds is 5. The second-order valence-corrected chi connectivity index (χ2v) is 6.94. The van der Waals surface area contributed by atoms with Gasteiger partial charge in [0, 0.05) is 0 Å². The van der Waals surface area contributed by atoms with E-state index < -0.39 is 15.4 Å². The smallest absolute Gasteiger partial charge is 0.302 e. The zero-order chi connectivity index (χ0) is 9.95. The SMILES string of the molecule is CCCCCCP1(=O)OP(=O)(O)O1. The lowest BCUT2D eigenvalue weighted by molar-refractivity contribution is 0.208. The number of hydrogen-bond acceptors (Lipinski definition) is 4. The highest BCUT2D eigenvalue weighted by Gasteiger charge is 2.51. The topological polar surface area (TPSA) is 72.8 Å². The lowest BCUT2D eigenvalue weighted by atomic mass is 10.2. The van der Waals surface area contributed by atoms with E-state index in [4.69, 9.17) is 4.89 Å². The molecule has 5 nitrogen and oxygen atoms in total. The average molecular weight is 228 g/mol. The van der Waals surface area contributed by atoms with Crippen LogP contribution >= 0.6 is 15.4 Å². The molecule has 1 aliphatic heterocycles. The van der Waals surface area contributed by atoms with Crippen LogP contribution in [0.1, 0.15) is 32.6 Å². The summed E-state index contributed by atoms with van der Waals surface area (Å²) in [7, 11) is -7.07. The average Bonchev–Trinajstić information content (AvgIpc) is 1.94. The lowest BCUT2D eigenvalue weighted by Crippen LogP contribution is -2.07. The fraction of sp³-hybridized carbons (Fsp3) is 1.00. The molecule has 0 aromatic heterocycles. The summed E-state index contributed by atoms with van der Waals surface area (Å²) in [6.07, 6.45) is 4.06. The molecule has 78 valence electrons. The van der Waals surface area contributed by atoms with E-state index in [1.165, 1.54) is 0 Å². The number of phosphoric acid groups is 1. The van der Waals surface area contributed by atoms with E-state index in [0.717, 1.165) is 19.3 Å². The molecule has 0 bridgehead atoms. The summed E-state index contributed by atoms with van der Waals surface area (Å²) < 4.78 is 30.5. The molecule has 0 saturated carbocycles. The quantitative estimate of drug-likeness (QED) is 0.578. The highest BCUT2D eigenvalue weighted by atomic mass is 31.3. The largest absolute Gasteiger partial charge is 0.486 e. The van der Waals surface area contributed by atoms with Gasteiger partial charge in [-0.05, 0) is 6.42 Å². The Hall–Kier alpha value is 0.340. The van der Waals surface area contributed by atoms with Crippen molar-refractivity contribution in [3.63, 3.8) is 0 Å². The Kier molecular flexibility index (Phi) is 3.73. The molecule has 0 unspecified atom stereocenters. The van der Waals surface area contributed by atoms with Crippen LogP contribution in [0.4, 0.5) is 0 Å². The standard InChI is InChI=1S/C6H14O5P2/c1-2-3-4-5-6-12(7)10-13(8,9)11-12/h2-6H2,1H3,(H,8,9). The van der Waals surface area contributed by atoms with Crippen LogP contribution in [0.25, 0.3) is 0 Å². The van der Waals surface area contributed by atoms with Gasteiger partial charge in [-0.15, -0.1) is 0 Å². The van der Waals surface area contributed by atoms with Crippen molar-refractivity contribution in [1.82, 2.24) is 0 Å². The van der Waals surface area contributed by atoms with Gasteiger partial charge in [0.25, 0.3) is 0 Å². The van der Waals surface area contributed by atoms with Crippen LogP contribution in [0.2, 0.25) is 0 Å². The molecule has 0 aromatic carbocycles. The molecular weight excluding hydrogens is 214 g/mol. The van der Waals surface area contributed by atoms with Crippen molar-refractivity contribution in [2.24, 2.45) is 0 Å². The van der Waals surface area contributed by atoms with Crippen LogP contribution in [-0.4, -0.2) is 11.1 Å². The molecule has 0 radical (unpaired) electrons. The third-order valence-electron chi connectivity index (χ3n) is 1.74. The van der Waals surface area contributed by atoms with E-state index in [9.17, 15) is 9.13 Å². The molecule has 1 rings (SSSR count). The molecule has 7 heteroatoms. The van der Waals surface area contributed by atoms with Gasteiger partial charge in [-0.3, -0.25) is 4.57 Å². The molecule has 1 fully saturated rings. The highest BCUT2D eigenvalue weighted by molar-refractivity contribution is 7.77. The third kappa shape index (κ3) is 3.53. The summed E-state index contributed by atoms with van der Waals surface area (Å²) >= 11 is 0. The first kappa shape index (κ1) is 11.4. The Labute approximate surface area is 77.6 Å². The first-order chi connectivity index (χ1) is 5.97. The molecule has 0 atom stereocenters. The van der Waals surface area contributed by atoms with Crippen LogP contribution < -0.4 is 0 Å². The second-order valence-electron chi connectivity index (χ2n) is 3.03. The predicted octanol–water partition coefficient (Wildman–Crippen LogP) is 2.91. The summed E-state index contributed by atoms with van der Waals surface area (Å²) in [6, 6.07) is 0. The first-order valence-corrected chi connectivity index (χ1v) is 7.54. The van der Waals surface area contributed by atoms with Crippen LogP contribution in [0.3, 0.4) is 0 Å².